The van der Waals surface area contributed by atoms with E-state index in [4.69, 9.17) is 5.73 Å². The number of nitro groups is 1. The molecule has 0 bridgehead atoms. The Hall–Kier alpha value is -2.03. The number of hydrogen-bond acceptors (Lipinski definition) is 5. The van der Waals surface area contributed by atoms with E-state index in [0.29, 0.717) is 0 Å². The van der Waals surface area contributed by atoms with Crippen molar-refractivity contribution in [3.8, 4) is 11.5 Å². The minimum Gasteiger partial charge on any atom is -0.504 e. The highest BCUT2D eigenvalue weighted by Crippen LogP contribution is 2.38. The average molecular weight is 280 g/mol. The van der Waals surface area contributed by atoms with E-state index in [-0.39, 0.29) is 5.56 Å². The van der Waals surface area contributed by atoms with Crippen molar-refractivity contribution in [1.29, 1.82) is 0 Å². The number of rotatable bonds is 4. The minimum absolute atomic E-state index is 0.0498. The van der Waals surface area contributed by atoms with Crippen LogP contribution in [0.3, 0.4) is 0 Å². The summed E-state index contributed by atoms with van der Waals surface area (Å²) in [4.78, 5) is 9.62. The van der Waals surface area contributed by atoms with Gasteiger partial charge in [0.2, 0.25) is 5.75 Å². The third kappa shape index (κ3) is 3.98. The van der Waals surface area contributed by atoms with Gasteiger partial charge in [-0.25, -0.2) is 0 Å². The van der Waals surface area contributed by atoms with Crippen LogP contribution in [0.2, 0.25) is 0 Å². The van der Waals surface area contributed by atoms with Gasteiger partial charge in [0.25, 0.3) is 0 Å². The van der Waals surface area contributed by atoms with Crippen LogP contribution in [0.1, 0.15) is 24.4 Å². The predicted molar refractivity (Wildman–Crippen MR) is 58.6 cm³/mol. The van der Waals surface area contributed by atoms with Crippen LogP contribution in [-0.4, -0.2) is 21.3 Å². The van der Waals surface area contributed by atoms with E-state index < -0.39 is 47.2 Å². The average Bonchev–Trinajstić information content (AvgIpc) is 2.28. The first-order valence-electron chi connectivity index (χ1n) is 5.14. The zero-order valence-electron chi connectivity index (χ0n) is 9.52. The molecular weight excluding hydrogens is 269 g/mol. The van der Waals surface area contributed by atoms with Gasteiger partial charge in [-0.2, -0.15) is 13.2 Å². The van der Waals surface area contributed by atoms with Crippen LogP contribution in [-0.2, 0) is 0 Å². The van der Waals surface area contributed by atoms with Crippen LogP contribution in [0.25, 0.3) is 0 Å². The molecule has 0 saturated carbocycles. The lowest BCUT2D eigenvalue weighted by atomic mass is 10.0. The molecule has 0 aromatic heterocycles. The first kappa shape index (κ1) is 15.0. The highest BCUT2D eigenvalue weighted by atomic mass is 19.4. The van der Waals surface area contributed by atoms with E-state index in [1.165, 1.54) is 0 Å². The number of phenolic OH excluding ortho intramolecular Hbond substituents is 2. The topological polar surface area (TPSA) is 110 Å². The summed E-state index contributed by atoms with van der Waals surface area (Å²) < 4.78 is 36.1. The molecule has 0 aliphatic carbocycles. The second-order valence-electron chi connectivity index (χ2n) is 3.93. The van der Waals surface area contributed by atoms with Crippen LogP contribution in [0.15, 0.2) is 12.1 Å². The van der Waals surface area contributed by atoms with Gasteiger partial charge in [0.05, 0.1) is 4.92 Å². The molecule has 0 spiro atoms. The Labute approximate surface area is 105 Å². The Morgan fingerprint density at radius 2 is 1.95 bits per heavy atom. The molecule has 4 N–H and O–H groups in total. The molecule has 6 nitrogen and oxygen atoms in total. The summed E-state index contributed by atoms with van der Waals surface area (Å²) in [6.07, 6.45) is -6.02. The molecule has 1 aromatic rings. The van der Waals surface area contributed by atoms with Crippen molar-refractivity contribution in [3.63, 3.8) is 0 Å². The zero-order chi connectivity index (χ0) is 14.8. The second kappa shape index (κ2) is 5.31. The monoisotopic (exact) mass is 280 g/mol. The molecule has 0 fully saturated rings. The van der Waals surface area contributed by atoms with Gasteiger partial charge < -0.3 is 15.9 Å². The smallest absolute Gasteiger partial charge is 0.389 e. The quantitative estimate of drug-likeness (QED) is 0.445. The molecule has 19 heavy (non-hydrogen) atoms. The summed E-state index contributed by atoms with van der Waals surface area (Å²) in [5.74, 6) is -1.75. The normalized spacial score (nSPS) is 13.3. The van der Waals surface area contributed by atoms with Gasteiger partial charge in [-0.15, -0.1) is 0 Å². The third-order valence-corrected chi connectivity index (χ3v) is 2.46. The van der Waals surface area contributed by atoms with Crippen molar-refractivity contribution in [2.24, 2.45) is 5.73 Å². The Morgan fingerprint density at radius 1 is 1.37 bits per heavy atom. The Kier molecular flexibility index (Phi) is 4.20. The molecule has 1 aromatic carbocycles. The first-order chi connectivity index (χ1) is 8.61. The van der Waals surface area contributed by atoms with Crippen molar-refractivity contribution in [2.75, 3.05) is 0 Å². The molecule has 0 aliphatic heterocycles. The number of aromatic hydroxyl groups is 2. The minimum atomic E-state index is -4.39. The lowest BCUT2D eigenvalue weighted by molar-refractivity contribution is -0.386. The zero-order valence-corrected chi connectivity index (χ0v) is 9.52. The number of nitrogens with two attached hydrogens (primary N) is 1. The van der Waals surface area contributed by atoms with Crippen LogP contribution in [0, 0.1) is 10.1 Å². The van der Waals surface area contributed by atoms with Crippen LogP contribution in [0.4, 0.5) is 18.9 Å². The molecule has 106 valence electrons. The number of hydrogen-bond donors (Lipinski definition) is 3. The summed E-state index contributed by atoms with van der Waals surface area (Å²) in [6.45, 7) is 0. The van der Waals surface area contributed by atoms with Gasteiger partial charge in [0, 0.05) is 18.5 Å². The molecule has 9 heteroatoms. The SMILES string of the molecule is N[C@@H](CCC(F)(F)F)c1cc(O)c(O)c([N+](=O)[O-])c1. The molecule has 0 unspecified atom stereocenters. The highest BCUT2D eigenvalue weighted by molar-refractivity contribution is 5.56. The van der Waals surface area contributed by atoms with Gasteiger partial charge >= 0.3 is 11.9 Å². The Bertz CT molecular complexity index is 490. The van der Waals surface area contributed by atoms with Crippen molar-refractivity contribution < 1.29 is 28.3 Å². The summed E-state index contributed by atoms with van der Waals surface area (Å²) >= 11 is 0. The lowest BCUT2D eigenvalue weighted by Crippen LogP contribution is -2.16. The number of nitrogens with zero attached hydrogens (tertiary/aromatic N) is 1. The number of benzene rings is 1. The van der Waals surface area contributed by atoms with E-state index in [9.17, 15) is 33.5 Å². The van der Waals surface area contributed by atoms with E-state index in [1.54, 1.807) is 0 Å². The standard InChI is InChI=1S/C10H11F3N2O4/c11-10(12,13)2-1-6(14)5-3-7(15(18)19)9(17)8(16)4-5/h3-4,6,16-17H,1-2,14H2/t6-/m0/s1. The predicted octanol–water partition coefficient (Wildman–Crippen LogP) is 2.35. The maximum absolute atomic E-state index is 12.0. The Balaban J connectivity index is 2.98. The fraction of sp³-hybridized carbons (Fsp3) is 0.400. The summed E-state index contributed by atoms with van der Waals surface area (Å²) in [5, 5.41) is 29.1. The molecule has 0 aliphatic rings. The van der Waals surface area contributed by atoms with Crippen LogP contribution >= 0.6 is 0 Å². The fourth-order valence-electron chi connectivity index (χ4n) is 1.46. The molecule has 1 rings (SSSR count). The fourth-order valence-corrected chi connectivity index (χ4v) is 1.46. The van der Waals surface area contributed by atoms with Gasteiger partial charge in [0.1, 0.15) is 0 Å². The lowest BCUT2D eigenvalue weighted by Gasteiger charge is -2.14. The molecule has 0 heterocycles. The van der Waals surface area contributed by atoms with Crippen molar-refractivity contribution >= 4 is 5.69 Å². The van der Waals surface area contributed by atoms with Crippen molar-refractivity contribution in [1.82, 2.24) is 0 Å². The largest absolute Gasteiger partial charge is 0.504 e. The van der Waals surface area contributed by atoms with Gasteiger partial charge in [-0.1, -0.05) is 0 Å². The van der Waals surface area contributed by atoms with Crippen molar-refractivity contribution in [3.05, 3.63) is 27.8 Å². The van der Waals surface area contributed by atoms with E-state index in [1.807, 2.05) is 0 Å². The maximum atomic E-state index is 12.0. The van der Waals surface area contributed by atoms with Crippen LogP contribution in [0.5, 0.6) is 11.5 Å². The van der Waals surface area contributed by atoms with E-state index in [0.717, 1.165) is 12.1 Å². The maximum Gasteiger partial charge on any atom is 0.389 e. The summed E-state index contributed by atoms with van der Waals surface area (Å²) in [5.41, 5.74) is 4.62. The molecule has 1 atom stereocenters. The van der Waals surface area contributed by atoms with E-state index in [2.05, 4.69) is 0 Å². The van der Waals surface area contributed by atoms with Gasteiger partial charge in [0.15, 0.2) is 5.75 Å². The van der Waals surface area contributed by atoms with Crippen molar-refractivity contribution in [2.45, 2.75) is 25.1 Å². The number of nitro benzene ring substituents is 1. The molecule has 0 radical (unpaired) electrons. The molecule has 0 amide bonds. The van der Waals surface area contributed by atoms with Gasteiger partial charge in [-0.3, -0.25) is 10.1 Å². The highest BCUT2D eigenvalue weighted by Gasteiger charge is 2.29. The second-order valence-corrected chi connectivity index (χ2v) is 3.93. The third-order valence-electron chi connectivity index (χ3n) is 2.46. The first-order valence-corrected chi connectivity index (χ1v) is 5.14. The van der Waals surface area contributed by atoms with E-state index >= 15 is 0 Å². The summed E-state index contributed by atoms with van der Waals surface area (Å²) in [7, 11) is 0. The van der Waals surface area contributed by atoms with Crippen LogP contribution < -0.4 is 5.73 Å². The number of phenols is 2. The number of halogens is 3. The molecular formula is C10H11F3N2O4. The molecule has 0 saturated heterocycles. The Morgan fingerprint density at radius 3 is 2.42 bits per heavy atom. The van der Waals surface area contributed by atoms with Gasteiger partial charge in [-0.05, 0) is 18.1 Å². The summed E-state index contributed by atoms with van der Waals surface area (Å²) in [6, 6.07) is 0.617. The number of alkyl halides is 3.